The van der Waals surface area contributed by atoms with E-state index in [2.05, 4.69) is 55.1 Å². The molecule has 1 amide bonds. The Balaban J connectivity index is 1.23. The lowest BCUT2D eigenvalue weighted by atomic mass is 10.0. The molecule has 1 saturated heterocycles. The molecule has 0 radical (unpaired) electrons. The number of carbonyl (C=O) groups excluding carboxylic acids is 1. The summed E-state index contributed by atoms with van der Waals surface area (Å²) in [5, 5.41) is 13.3. The van der Waals surface area contributed by atoms with Crippen molar-refractivity contribution in [1.29, 1.82) is 0 Å². The Kier molecular flexibility index (Phi) is 5.52. The van der Waals surface area contributed by atoms with E-state index in [1.54, 1.807) is 10.7 Å². The molecule has 7 heterocycles. The van der Waals surface area contributed by atoms with Gasteiger partial charge in [0.25, 0.3) is 5.91 Å². The van der Waals surface area contributed by atoms with Gasteiger partial charge in [-0.2, -0.15) is 10.2 Å². The zero-order valence-corrected chi connectivity index (χ0v) is 21.7. The van der Waals surface area contributed by atoms with Gasteiger partial charge in [0, 0.05) is 59.8 Å². The number of hydrogen-bond acceptors (Lipinski definition) is 6. The third-order valence-electron chi connectivity index (χ3n) is 8.03. The fourth-order valence-electron chi connectivity index (χ4n) is 5.74. The normalized spacial score (nSPS) is 17.3. The van der Waals surface area contributed by atoms with Gasteiger partial charge in [0.1, 0.15) is 5.65 Å². The summed E-state index contributed by atoms with van der Waals surface area (Å²) in [6, 6.07) is 6.46. The van der Waals surface area contributed by atoms with E-state index in [0.717, 1.165) is 84.4 Å². The SMILES string of the molecule is CN1CCC(NC(=O)c2cnn3ccc(-c4c[nH]c5ncc(-c6cnn7c6CN(C)CC7)cc45)cc23)CC1. The molecule has 10 nitrogen and oxygen atoms in total. The molecule has 1 fully saturated rings. The summed E-state index contributed by atoms with van der Waals surface area (Å²) in [4.78, 5) is 25.9. The lowest BCUT2D eigenvalue weighted by Gasteiger charge is -2.29. The minimum absolute atomic E-state index is 0.0643. The van der Waals surface area contributed by atoms with Crippen LogP contribution >= 0.6 is 0 Å². The average Bonchev–Trinajstić information content (AvgIpc) is 3.65. The number of H-pyrrole nitrogens is 1. The number of amides is 1. The average molecular weight is 510 g/mol. The maximum absolute atomic E-state index is 13.2. The van der Waals surface area contributed by atoms with Crippen LogP contribution in [-0.4, -0.2) is 84.8 Å². The standard InChI is InChI=1S/C28H31N9O/c1-34-6-4-20(5-7-34)33-28(38)24-16-32-36-8-3-18(12-25(24)36)22-14-30-27-21(22)11-19(13-29-27)23-15-31-37-10-9-35(2)17-26(23)37/h3,8,11-16,20H,4-7,9-10,17H2,1-2H3,(H,29,30)(H,33,38). The van der Waals surface area contributed by atoms with Crippen LogP contribution in [0.5, 0.6) is 0 Å². The number of aromatic amines is 1. The van der Waals surface area contributed by atoms with E-state index in [-0.39, 0.29) is 11.9 Å². The van der Waals surface area contributed by atoms with Gasteiger partial charge in [-0.3, -0.25) is 14.4 Å². The number of aromatic nitrogens is 6. The molecule has 2 aliphatic heterocycles. The van der Waals surface area contributed by atoms with Crippen LogP contribution in [-0.2, 0) is 13.1 Å². The number of nitrogens with one attached hydrogen (secondary N) is 2. The predicted octanol–water partition coefficient (Wildman–Crippen LogP) is 3.01. The Morgan fingerprint density at radius 1 is 0.974 bits per heavy atom. The highest BCUT2D eigenvalue weighted by Gasteiger charge is 2.22. The van der Waals surface area contributed by atoms with Crippen LogP contribution in [0.25, 0.3) is 38.8 Å². The van der Waals surface area contributed by atoms with Gasteiger partial charge in [-0.05, 0) is 63.8 Å². The number of nitrogens with zero attached hydrogens (tertiary/aromatic N) is 7. The van der Waals surface area contributed by atoms with Gasteiger partial charge in [0.15, 0.2) is 0 Å². The monoisotopic (exact) mass is 509 g/mol. The predicted molar refractivity (Wildman–Crippen MR) is 146 cm³/mol. The molecule has 7 rings (SSSR count). The summed E-state index contributed by atoms with van der Waals surface area (Å²) >= 11 is 0. The molecule has 5 aromatic heterocycles. The van der Waals surface area contributed by atoms with E-state index in [0.29, 0.717) is 5.56 Å². The van der Waals surface area contributed by atoms with Crippen LogP contribution in [0.1, 0.15) is 28.9 Å². The number of likely N-dealkylation sites (N-methyl/N-ethyl adjacent to an activating group) is 1. The van der Waals surface area contributed by atoms with Crippen LogP contribution in [0, 0.1) is 0 Å². The molecule has 38 heavy (non-hydrogen) atoms. The summed E-state index contributed by atoms with van der Waals surface area (Å²) in [7, 11) is 4.26. The van der Waals surface area contributed by atoms with Crippen LogP contribution in [0.15, 0.2) is 49.2 Å². The Morgan fingerprint density at radius 3 is 2.71 bits per heavy atom. The Labute approximate surface area is 220 Å². The molecule has 0 saturated carbocycles. The van der Waals surface area contributed by atoms with Crippen LogP contribution in [0.2, 0.25) is 0 Å². The van der Waals surface area contributed by atoms with Crippen molar-refractivity contribution < 1.29 is 4.79 Å². The lowest BCUT2D eigenvalue weighted by molar-refractivity contribution is 0.0918. The molecule has 0 bridgehead atoms. The summed E-state index contributed by atoms with van der Waals surface area (Å²) in [6.07, 6.45) is 11.4. The van der Waals surface area contributed by atoms with Gasteiger partial charge in [-0.1, -0.05) is 0 Å². The van der Waals surface area contributed by atoms with E-state index in [9.17, 15) is 4.79 Å². The zero-order valence-electron chi connectivity index (χ0n) is 21.7. The van der Waals surface area contributed by atoms with Crippen molar-refractivity contribution in [3.05, 3.63) is 60.4 Å². The topological polar surface area (TPSA) is 99.4 Å². The van der Waals surface area contributed by atoms with E-state index in [1.807, 2.05) is 36.9 Å². The first-order chi connectivity index (χ1) is 18.5. The smallest absolute Gasteiger partial charge is 0.255 e. The van der Waals surface area contributed by atoms with Gasteiger partial charge in [0.05, 0.1) is 35.7 Å². The highest BCUT2D eigenvalue weighted by atomic mass is 16.1. The highest BCUT2D eigenvalue weighted by molar-refractivity contribution is 6.02. The van der Waals surface area contributed by atoms with Crippen LogP contribution < -0.4 is 5.32 Å². The molecular weight excluding hydrogens is 478 g/mol. The van der Waals surface area contributed by atoms with Crippen molar-refractivity contribution in [3.8, 4) is 22.3 Å². The van der Waals surface area contributed by atoms with E-state index >= 15 is 0 Å². The van der Waals surface area contributed by atoms with Crippen molar-refractivity contribution in [2.24, 2.45) is 0 Å². The Hall–Kier alpha value is -4.02. The van der Waals surface area contributed by atoms with Crippen molar-refractivity contribution in [2.45, 2.75) is 32.0 Å². The second-order valence-electron chi connectivity index (χ2n) is 10.6. The van der Waals surface area contributed by atoms with Crippen molar-refractivity contribution in [1.82, 2.24) is 44.5 Å². The van der Waals surface area contributed by atoms with Crippen LogP contribution in [0.4, 0.5) is 0 Å². The van der Waals surface area contributed by atoms with Gasteiger partial charge >= 0.3 is 0 Å². The molecule has 0 spiro atoms. The lowest BCUT2D eigenvalue weighted by Crippen LogP contribution is -2.43. The molecule has 194 valence electrons. The molecule has 5 aromatic rings. The maximum atomic E-state index is 13.2. The number of fused-ring (bicyclic) bond motifs is 3. The van der Waals surface area contributed by atoms with E-state index in [1.165, 1.54) is 5.69 Å². The van der Waals surface area contributed by atoms with Crippen LogP contribution in [0.3, 0.4) is 0 Å². The third kappa shape index (κ3) is 3.97. The van der Waals surface area contributed by atoms with Crippen molar-refractivity contribution >= 4 is 22.5 Å². The molecule has 2 N–H and O–H groups in total. The second kappa shape index (κ2) is 9.07. The molecule has 2 aliphatic rings. The number of pyridine rings is 2. The number of rotatable bonds is 4. The zero-order chi connectivity index (χ0) is 25.8. The number of likely N-dealkylation sites (tertiary alicyclic amines) is 1. The molecule has 10 heteroatoms. The van der Waals surface area contributed by atoms with Gasteiger partial charge in [-0.15, -0.1) is 0 Å². The van der Waals surface area contributed by atoms with Gasteiger partial charge < -0.3 is 15.2 Å². The van der Waals surface area contributed by atoms with Gasteiger partial charge in [0.2, 0.25) is 0 Å². The number of carbonyl (C=O) groups is 1. The minimum Gasteiger partial charge on any atom is -0.349 e. The summed E-state index contributed by atoms with van der Waals surface area (Å²) in [6.45, 7) is 4.77. The fraction of sp³-hybridized carbons (Fsp3) is 0.357. The minimum atomic E-state index is -0.0643. The quantitative estimate of drug-likeness (QED) is 0.387. The number of piperidine rings is 1. The first-order valence-corrected chi connectivity index (χ1v) is 13.2. The largest absolute Gasteiger partial charge is 0.349 e. The summed E-state index contributed by atoms with van der Waals surface area (Å²) in [5.41, 5.74) is 7.66. The van der Waals surface area contributed by atoms with Crippen molar-refractivity contribution in [3.63, 3.8) is 0 Å². The molecule has 0 unspecified atom stereocenters. The first kappa shape index (κ1) is 23.1. The van der Waals surface area contributed by atoms with Gasteiger partial charge in [-0.25, -0.2) is 9.50 Å². The summed E-state index contributed by atoms with van der Waals surface area (Å²) < 4.78 is 3.87. The molecular formula is C28H31N9O. The molecule has 0 aromatic carbocycles. The summed E-state index contributed by atoms with van der Waals surface area (Å²) in [5.74, 6) is -0.0643. The maximum Gasteiger partial charge on any atom is 0.255 e. The van der Waals surface area contributed by atoms with E-state index in [4.69, 9.17) is 4.98 Å². The first-order valence-electron chi connectivity index (χ1n) is 13.2. The number of hydrogen-bond donors (Lipinski definition) is 2. The fourth-order valence-corrected chi connectivity index (χ4v) is 5.74. The Morgan fingerprint density at radius 2 is 1.84 bits per heavy atom. The molecule has 0 atom stereocenters. The second-order valence-corrected chi connectivity index (χ2v) is 10.6. The van der Waals surface area contributed by atoms with Crippen molar-refractivity contribution in [2.75, 3.05) is 33.7 Å². The Bertz CT molecular complexity index is 1650. The highest BCUT2D eigenvalue weighted by Crippen LogP contribution is 2.33. The third-order valence-corrected chi connectivity index (χ3v) is 8.03. The van der Waals surface area contributed by atoms with E-state index < -0.39 is 0 Å². The molecule has 0 aliphatic carbocycles.